The standard InChI is InChI=1S/C133H77N3O3/c1-4-28-80(29-5-1)119-95-36-12-14-38-97(95)121(98-39-15-13-37-96(98)119)83-55-59-86(60-56-83)125-111-74-89(66-71-114(111)135-131-128(125)107-47-23-25-50-116(107)137-131)92-65-70-109-118(77-92)139-133-130(109)126(87-61-57-84(58-62-87)122-101-42-18-20-44-103(101)127(104-45-21-19-43-102(104)122)94-48-26-34-79-27-10-11-35-93(79)94)112-75-90(67-72-115(112)136-133)91-64-69-108-117(76-91)138-132-129(108)124(106-46-22-24-49-113(106)134-132)85-53-51-78(52-54-85)88-63-68-105-110(73-88)123(82-32-8-3-9-33-82)100-41-17-16-40-99(100)120(105)81-30-6-2-7-31-81/h1-77H. The minimum atomic E-state index is 0.551. The van der Waals surface area contributed by atoms with E-state index in [1.165, 1.54) is 131 Å². The summed E-state index contributed by atoms with van der Waals surface area (Å²) in [4.78, 5) is 16.2. The van der Waals surface area contributed by atoms with E-state index in [1.807, 2.05) is 12.1 Å². The summed E-state index contributed by atoms with van der Waals surface area (Å²) >= 11 is 0. The molecular formula is C133H77N3O3. The fourth-order valence-corrected chi connectivity index (χ4v) is 23.1. The van der Waals surface area contributed by atoms with Gasteiger partial charge in [0.25, 0.3) is 0 Å². The van der Waals surface area contributed by atoms with Gasteiger partial charge in [0.2, 0.25) is 17.1 Å². The van der Waals surface area contributed by atoms with E-state index in [0.717, 1.165) is 160 Å². The van der Waals surface area contributed by atoms with Crippen molar-refractivity contribution in [3.8, 4) is 134 Å². The van der Waals surface area contributed by atoms with Gasteiger partial charge in [-0.1, -0.05) is 400 Å². The van der Waals surface area contributed by atoms with E-state index in [4.69, 9.17) is 28.2 Å². The average molecular weight is 1770 g/mol. The first-order chi connectivity index (χ1) is 68.9. The van der Waals surface area contributed by atoms with Gasteiger partial charge in [0, 0.05) is 49.0 Å². The number of hydrogen-bond acceptors (Lipinski definition) is 6. The topological polar surface area (TPSA) is 78.1 Å². The van der Waals surface area contributed by atoms with Crippen LogP contribution in [-0.2, 0) is 0 Å². The molecule has 0 saturated heterocycles. The van der Waals surface area contributed by atoms with Crippen LogP contribution in [0.4, 0.5) is 0 Å². The monoisotopic (exact) mass is 1760 g/mol. The van der Waals surface area contributed by atoms with Crippen LogP contribution in [0.25, 0.3) is 308 Å². The van der Waals surface area contributed by atoms with Crippen LogP contribution in [0.15, 0.2) is 480 Å². The van der Waals surface area contributed by atoms with Gasteiger partial charge in [0.05, 0.1) is 32.7 Å². The van der Waals surface area contributed by atoms with Crippen LogP contribution in [0.2, 0.25) is 0 Å². The van der Waals surface area contributed by atoms with E-state index in [-0.39, 0.29) is 0 Å². The fraction of sp³-hybridized carbons (Fsp3) is 0. The molecule has 0 aliphatic rings. The van der Waals surface area contributed by atoms with Gasteiger partial charge < -0.3 is 13.3 Å². The lowest BCUT2D eigenvalue weighted by molar-refractivity contribution is 0.655. The Labute approximate surface area is 797 Å². The first-order valence-electron chi connectivity index (χ1n) is 47.6. The van der Waals surface area contributed by atoms with Gasteiger partial charge in [-0.25, -0.2) is 15.0 Å². The number of rotatable bonds is 12. The van der Waals surface area contributed by atoms with Crippen LogP contribution >= 0.6 is 0 Å². The van der Waals surface area contributed by atoms with Crippen LogP contribution in [0, 0.1) is 0 Å². The number of benzene rings is 23. The molecule has 0 saturated carbocycles. The molecule has 29 rings (SSSR count). The molecule has 29 aromatic rings. The van der Waals surface area contributed by atoms with E-state index in [0.29, 0.717) is 17.1 Å². The Morgan fingerprint density at radius 2 is 0.381 bits per heavy atom. The SMILES string of the molecule is c1ccc(-c2c3ccccc3c(-c3ccc(-c4c5cc(-c6ccc7c(c6)oc6nc8ccc(-c9ccc%10c(c9)oc9nc%11ccccc%11c(-c%11ccc(-c%12ccc%13c(-c%14ccccc%14)c%14ccccc%14c(-c%14ccccc%14)c%13c%12)cc%11)c9%10)cc8c(-c8ccc(-c9c%10ccccc%10c(-c%10cccc%11ccccc%10%11)c%10ccccc9%10)cc8)c67)ccc5nc5oc6ccccc6c45)cc3)c3ccccc23)cc1. The number of para-hydroxylation sites is 2. The van der Waals surface area contributed by atoms with Gasteiger partial charge in [-0.05, 0) is 259 Å². The smallest absolute Gasteiger partial charge is 0.228 e. The second kappa shape index (κ2) is 31.0. The molecule has 6 heterocycles. The molecule has 0 N–H and O–H groups in total. The highest BCUT2D eigenvalue weighted by molar-refractivity contribution is 6.29. The Hall–Kier alpha value is -18.5. The van der Waals surface area contributed by atoms with Gasteiger partial charge in [0.15, 0.2) is 0 Å². The predicted molar refractivity (Wildman–Crippen MR) is 582 cm³/mol. The summed E-state index contributed by atoms with van der Waals surface area (Å²) in [6.07, 6.45) is 0. The zero-order valence-corrected chi connectivity index (χ0v) is 75.0. The summed E-state index contributed by atoms with van der Waals surface area (Å²) in [5.74, 6) is 0. The van der Waals surface area contributed by atoms with Crippen LogP contribution in [0.3, 0.4) is 0 Å². The Morgan fingerprint density at radius 1 is 0.129 bits per heavy atom. The number of furan rings is 3. The summed E-state index contributed by atoms with van der Waals surface area (Å²) in [5.41, 5.74) is 33.5. The van der Waals surface area contributed by atoms with Crippen LogP contribution < -0.4 is 0 Å². The minimum Gasteiger partial charge on any atom is -0.438 e. The highest BCUT2D eigenvalue weighted by atomic mass is 16.3. The average Bonchev–Trinajstić information content (AvgIpc) is 1.60. The molecule has 0 fully saturated rings. The van der Waals surface area contributed by atoms with E-state index in [9.17, 15) is 0 Å². The highest BCUT2D eigenvalue weighted by Gasteiger charge is 2.28. The lowest BCUT2D eigenvalue weighted by atomic mass is 9.84. The largest absolute Gasteiger partial charge is 0.438 e. The molecule has 23 aromatic carbocycles. The first kappa shape index (κ1) is 78.0. The van der Waals surface area contributed by atoms with Crippen molar-refractivity contribution >= 4 is 174 Å². The molecule has 642 valence electrons. The van der Waals surface area contributed by atoms with Crippen molar-refractivity contribution in [3.63, 3.8) is 0 Å². The molecule has 0 amide bonds. The van der Waals surface area contributed by atoms with E-state index in [2.05, 4.69) is 455 Å². The molecule has 139 heavy (non-hydrogen) atoms. The normalized spacial score (nSPS) is 12.0. The third-order valence-corrected chi connectivity index (χ3v) is 29.3. The number of pyridine rings is 3. The van der Waals surface area contributed by atoms with Crippen molar-refractivity contribution in [3.05, 3.63) is 467 Å². The Kier molecular flexibility index (Phi) is 17.4. The summed E-state index contributed by atoms with van der Waals surface area (Å²) in [7, 11) is 0. The molecule has 0 radical (unpaired) electrons. The predicted octanol–water partition coefficient (Wildman–Crippen LogP) is 37.1. The molecule has 0 unspecified atom stereocenters. The van der Waals surface area contributed by atoms with Crippen molar-refractivity contribution in [2.75, 3.05) is 0 Å². The molecule has 0 spiro atoms. The van der Waals surface area contributed by atoms with Crippen molar-refractivity contribution in [1.82, 2.24) is 15.0 Å². The molecule has 0 aliphatic carbocycles. The fourth-order valence-electron chi connectivity index (χ4n) is 23.1. The molecule has 6 nitrogen and oxygen atoms in total. The number of aromatic nitrogens is 3. The number of nitrogens with zero attached hydrogens (tertiary/aromatic N) is 3. The molecule has 6 heteroatoms. The Bertz CT molecular complexity index is 10100. The van der Waals surface area contributed by atoms with Crippen LogP contribution in [-0.4, -0.2) is 15.0 Å². The van der Waals surface area contributed by atoms with E-state index < -0.39 is 0 Å². The second-order valence-electron chi connectivity index (χ2n) is 36.8. The third kappa shape index (κ3) is 12.3. The Morgan fingerprint density at radius 3 is 0.806 bits per heavy atom. The van der Waals surface area contributed by atoms with Crippen molar-refractivity contribution in [2.24, 2.45) is 0 Å². The lowest BCUT2D eigenvalue weighted by Crippen LogP contribution is -1.92. The van der Waals surface area contributed by atoms with Gasteiger partial charge >= 0.3 is 0 Å². The summed E-state index contributed by atoms with van der Waals surface area (Å²) < 4.78 is 21.0. The maximum absolute atomic E-state index is 7.25. The van der Waals surface area contributed by atoms with Gasteiger partial charge in [-0.15, -0.1) is 0 Å². The van der Waals surface area contributed by atoms with Gasteiger partial charge in [-0.2, -0.15) is 0 Å². The number of fused-ring (bicyclic) bond motifs is 19. The quantitative estimate of drug-likeness (QED) is 0.113. The third-order valence-electron chi connectivity index (χ3n) is 29.3. The second-order valence-corrected chi connectivity index (χ2v) is 36.8. The summed E-state index contributed by atoms with van der Waals surface area (Å²) in [5, 5.41) is 25.8. The van der Waals surface area contributed by atoms with Crippen molar-refractivity contribution in [2.45, 2.75) is 0 Å². The lowest BCUT2D eigenvalue weighted by Gasteiger charge is -2.19. The van der Waals surface area contributed by atoms with Crippen molar-refractivity contribution in [1.29, 1.82) is 0 Å². The summed E-state index contributed by atoms with van der Waals surface area (Å²) in [6, 6.07) is 170. The molecule has 0 aliphatic heterocycles. The molecular weight excluding hydrogens is 1690 g/mol. The Balaban J connectivity index is 0.574. The zero-order chi connectivity index (χ0) is 91.0. The van der Waals surface area contributed by atoms with E-state index in [1.54, 1.807) is 0 Å². The maximum atomic E-state index is 7.25. The van der Waals surface area contributed by atoms with Gasteiger partial charge in [-0.3, -0.25) is 0 Å². The highest BCUT2D eigenvalue weighted by Crippen LogP contribution is 2.54. The van der Waals surface area contributed by atoms with Crippen molar-refractivity contribution < 1.29 is 13.3 Å². The number of hydrogen-bond donors (Lipinski definition) is 0. The van der Waals surface area contributed by atoms with Crippen LogP contribution in [0.5, 0.6) is 0 Å². The van der Waals surface area contributed by atoms with Gasteiger partial charge in [0.1, 0.15) is 16.7 Å². The summed E-state index contributed by atoms with van der Waals surface area (Å²) in [6.45, 7) is 0. The van der Waals surface area contributed by atoms with E-state index >= 15 is 0 Å². The van der Waals surface area contributed by atoms with Crippen LogP contribution in [0.1, 0.15) is 0 Å². The zero-order valence-electron chi connectivity index (χ0n) is 75.0. The minimum absolute atomic E-state index is 0.551. The molecule has 0 bridgehead atoms. The first-order valence-corrected chi connectivity index (χ1v) is 47.6. The molecule has 0 atom stereocenters. The maximum Gasteiger partial charge on any atom is 0.228 e. The molecule has 6 aromatic heterocycles.